The number of hydrogen-bond donors (Lipinski definition) is 4. The Hall–Kier alpha value is -4.97. The number of hydrogen-bond acceptors (Lipinski definition) is 8. The monoisotopic (exact) mass is 685 g/mol. The smallest absolute Gasteiger partial charge is 0.407 e. The molecule has 0 radical (unpaired) electrons. The molecular weight excluding hydrogens is 638 g/mol. The van der Waals surface area contributed by atoms with Crippen molar-refractivity contribution in [1.82, 2.24) is 20.9 Å². The molecule has 3 aromatic rings. The van der Waals surface area contributed by atoms with Gasteiger partial charge in [-0.1, -0.05) is 86.5 Å². The molecule has 0 spiro atoms. The van der Waals surface area contributed by atoms with Crippen LogP contribution in [0.1, 0.15) is 44.7 Å². The number of amides is 3. The van der Waals surface area contributed by atoms with Gasteiger partial charge in [0.15, 0.2) is 0 Å². The number of pyridine rings is 1. The lowest BCUT2D eigenvalue weighted by atomic mass is 9.85. The summed E-state index contributed by atoms with van der Waals surface area (Å²) in [6.45, 7) is 6.25. The Morgan fingerprint density at radius 3 is 2.28 bits per heavy atom. The second-order valence-electron chi connectivity index (χ2n) is 13.6. The molecule has 13 nitrogen and oxygen atoms in total. The van der Waals surface area contributed by atoms with E-state index in [9.17, 15) is 25.0 Å². The van der Waals surface area contributed by atoms with Gasteiger partial charge in [-0.05, 0) is 59.9 Å². The fourth-order valence-electron chi connectivity index (χ4n) is 6.05. The van der Waals surface area contributed by atoms with Crippen LogP contribution in [0.3, 0.4) is 0 Å². The Morgan fingerprint density at radius 1 is 0.980 bits per heavy atom. The summed E-state index contributed by atoms with van der Waals surface area (Å²) in [5, 5.41) is 24.3. The van der Waals surface area contributed by atoms with Crippen molar-refractivity contribution in [3.63, 3.8) is 0 Å². The second-order valence-corrected chi connectivity index (χ2v) is 13.6. The molecule has 2 heterocycles. The number of nitrogens with one attached hydrogen (secondary N) is 3. The molecule has 1 saturated heterocycles. The van der Waals surface area contributed by atoms with Gasteiger partial charge in [-0.3, -0.25) is 14.6 Å². The molecule has 0 bridgehead atoms. The highest BCUT2D eigenvalue weighted by molar-refractivity contribution is 5.86. The molecule has 1 aliphatic rings. The van der Waals surface area contributed by atoms with E-state index in [4.69, 9.17) is 9.47 Å². The van der Waals surface area contributed by atoms with Gasteiger partial charge in [-0.25, -0.2) is 4.79 Å². The Labute approximate surface area is 292 Å². The number of aliphatic hydroxyl groups is 1. The molecule has 2 aromatic carbocycles. The Kier molecular flexibility index (Phi) is 13.7. The standard InChI is InChI=1S/C37H47N7O6/c1-37(2,3)33(42-36(48)49-4)35(47)40-28(20-25-13-15-26(16-14-25)29-12-8-9-18-39-29)22-31(45)30(21-24-10-6-5-7-11-24)41-34(46)32(43-44-38)27-17-19-50-23-27/h5-16,18,27-28,30-33,45H,17,19-23H2,1-4H3,(H,40,47)(H,41,46)(H,42,48)/t27-,28-,30-,31-,32-,33+/m0/s1. The largest absolute Gasteiger partial charge is 0.453 e. The number of benzene rings is 2. The Bertz CT molecular complexity index is 1590. The Morgan fingerprint density at radius 2 is 1.68 bits per heavy atom. The van der Waals surface area contributed by atoms with Crippen LogP contribution in [-0.2, 0) is 31.9 Å². The summed E-state index contributed by atoms with van der Waals surface area (Å²) in [6.07, 6.45) is 1.11. The average molecular weight is 686 g/mol. The van der Waals surface area contributed by atoms with Gasteiger partial charge >= 0.3 is 6.09 Å². The highest BCUT2D eigenvalue weighted by Gasteiger charge is 2.36. The van der Waals surface area contributed by atoms with Crippen LogP contribution in [-0.4, -0.2) is 78.6 Å². The highest BCUT2D eigenvalue weighted by Crippen LogP contribution is 2.24. The summed E-state index contributed by atoms with van der Waals surface area (Å²) in [5.74, 6) is -1.23. The maximum atomic E-state index is 13.8. The van der Waals surface area contributed by atoms with Gasteiger partial charge in [0, 0.05) is 35.2 Å². The van der Waals surface area contributed by atoms with E-state index in [0.29, 0.717) is 26.1 Å². The van der Waals surface area contributed by atoms with E-state index in [-0.39, 0.29) is 18.8 Å². The summed E-state index contributed by atoms with van der Waals surface area (Å²) in [4.78, 5) is 46.9. The molecule has 6 atom stereocenters. The van der Waals surface area contributed by atoms with E-state index in [1.807, 2.05) is 93.6 Å². The second kappa shape index (κ2) is 18.1. The maximum Gasteiger partial charge on any atom is 0.407 e. The number of aliphatic hydroxyl groups excluding tert-OH is 1. The normalized spacial score (nSPS) is 17.3. The third kappa shape index (κ3) is 11.0. The van der Waals surface area contributed by atoms with E-state index in [2.05, 4.69) is 31.0 Å². The van der Waals surface area contributed by atoms with Crippen LogP contribution in [0.5, 0.6) is 0 Å². The Balaban J connectivity index is 1.61. The zero-order valence-electron chi connectivity index (χ0n) is 29.0. The lowest BCUT2D eigenvalue weighted by molar-refractivity contribution is -0.127. The van der Waals surface area contributed by atoms with Gasteiger partial charge in [0.1, 0.15) is 12.1 Å². The molecule has 0 saturated carbocycles. The number of aromatic nitrogens is 1. The number of methoxy groups -OCH3 is 1. The van der Waals surface area contributed by atoms with Crippen LogP contribution < -0.4 is 16.0 Å². The predicted molar refractivity (Wildman–Crippen MR) is 189 cm³/mol. The summed E-state index contributed by atoms with van der Waals surface area (Å²) in [7, 11) is 1.23. The first-order chi connectivity index (χ1) is 24.0. The number of azide groups is 1. The zero-order valence-corrected chi connectivity index (χ0v) is 29.0. The quantitative estimate of drug-likeness (QED) is 0.101. The predicted octanol–water partition coefficient (Wildman–Crippen LogP) is 4.74. The van der Waals surface area contributed by atoms with Crippen molar-refractivity contribution >= 4 is 17.9 Å². The van der Waals surface area contributed by atoms with Gasteiger partial charge in [-0.2, -0.15) is 0 Å². The van der Waals surface area contributed by atoms with Gasteiger partial charge in [0.2, 0.25) is 11.8 Å². The van der Waals surface area contributed by atoms with Crippen molar-refractivity contribution < 1.29 is 29.0 Å². The topological polar surface area (TPSA) is 188 Å². The fourth-order valence-corrected chi connectivity index (χ4v) is 6.05. The first-order valence-corrected chi connectivity index (χ1v) is 16.8. The summed E-state index contributed by atoms with van der Waals surface area (Å²) >= 11 is 0. The molecule has 4 rings (SSSR count). The lowest BCUT2D eigenvalue weighted by Gasteiger charge is -2.33. The minimum Gasteiger partial charge on any atom is -0.453 e. The van der Waals surface area contributed by atoms with Crippen LogP contribution in [0, 0.1) is 11.3 Å². The van der Waals surface area contributed by atoms with E-state index >= 15 is 0 Å². The van der Waals surface area contributed by atoms with Gasteiger partial charge < -0.3 is 30.5 Å². The number of alkyl carbamates (subject to hydrolysis) is 1. The van der Waals surface area contributed by atoms with E-state index in [1.54, 1.807) is 6.20 Å². The van der Waals surface area contributed by atoms with E-state index in [0.717, 1.165) is 22.4 Å². The lowest BCUT2D eigenvalue weighted by Crippen LogP contribution is -2.57. The molecule has 50 heavy (non-hydrogen) atoms. The van der Waals surface area contributed by atoms with Crippen LogP contribution in [0.4, 0.5) is 4.79 Å². The van der Waals surface area contributed by atoms with E-state index in [1.165, 1.54) is 7.11 Å². The molecule has 0 unspecified atom stereocenters. The van der Waals surface area contributed by atoms with Crippen LogP contribution in [0.2, 0.25) is 0 Å². The third-order valence-corrected chi connectivity index (χ3v) is 8.79. The first-order valence-electron chi connectivity index (χ1n) is 16.8. The minimum absolute atomic E-state index is 0.0549. The first kappa shape index (κ1) is 37.8. The fraction of sp³-hybridized carbons (Fsp3) is 0.459. The number of ether oxygens (including phenoxy) is 2. The molecule has 13 heteroatoms. The molecule has 1 fully saturated rings. The molecule has 266 valence electrons. The maximum absolute atomic E-state index is 13.8. The van der Waals surface area contributed by atoms with Gasteiger partial charge in [-0.15, -0.1) is 0 Å². The summed E-state index contributed by atoms with van der Waals surface area (Å²) < 4.78 is 10.2. The molecule has 1 aliphatic heterocycles. The average Bonchev–Trinajstić information content (AvgIpc) is 3.64. The third-order valence-electron chi connectivity index (χ3n) is 8.79. The van der Waals surface area contributed by atoms with Crippen LogP contribution in [0.15, 0.2) is 84.1 Å². The number of nitrogens with zero attached hydrogens (tertiary/aromatic N) is 4. The SMILES string of the molecule is COC(=O)N[C@H](C(=O)N[C@@H](Cc1ccc(-c2ccccn2)cc1)C[C@H](O)[C@H](Cc1ccccc1)NC(=O)[C@@H](N=[N+]=[N-])[C@H]1CCOC1)C(C)(C)C. The molecule has 4 N–H and O–H groups in total. The van der Waals surface area contributed by atoms with Crippen molar-refractivity contribution in [2.75, 3.05) is 20.3 Å². The van der Waals surface area contributed by atoms with Crippen molar-refractivity contribution in [3.8, 4) is 11.3 Å². The van der Waals surface area contributed by atoms with Crippen molar-refractivity contribution in [3.05, 3.63) is 101 Å². The minimum atomic E-state index is -1.13. The number of rotatable bonds is 15. The molecule has 0 aliphatic carbocycles. The zero-order chi connectivity index (χ0) is 36.1. The van der Waals surface area contributed by atoms with Gasteiger partial charge in [0.25, 0.3) is 0 Å². The van der Waals surface area contributed by atoms with Crippen LogP contribution in [0.25, 0.3) is 21.7 Å². The summed E-state index contributed by atoms with van der Waals surface area (Å²) in [5.41, 5.74) is 12.1. The number of carbonyl (C=O) groups excluding carboxylic acids is 3. The highest BCUT2D eigenvalue weighted by atomic mass is 16.5. The molecular formula is C37H47N7O6. The summed E-state index contributed by atoms with van der Waals surface area (Å²) in [6, 6.07) is 19.5. The van der Waals surface area contributed by atoms with Crippen molar-refractivity contribution in [1.29, 1.82) is 0 Å². The van der Waals surface area contributed by atoms with E-state index < -0.39 is 53.6 Å². The molecule has 3 amide bonds. The van der Waals surface area contributed by atoms with Crippen LogP contribution >= 0.6 is 0 Å². The van der Waals surface area contributed by atoms with Gasteiger partial charge in [0.05, 0.1) is 31.6 Å². The van der Waals surface area contributed by atoms with Crippen molar-refractivity contribution in [2.45, 2.75) is 76.7 Å². The molecule has 1 aromatic heterocycles. The number of carbonyl (C=O) groups is 3. The van der Waals surface area contributed by atoms with Crippen molar-refractivity contribution in [2.24, 2.45) is 16.4 Å².